The second kappa shape index (κ2) is 8.35. The summed E-state index contributed by atoms with van der Waals surface area (Å²) in [6, 6.07) is 40.0. The minimum atomic E-state index is 0.934. The smallest absolute Gasteiger partial charge is 0.0243 e. The van der Waals surface area contributed by atoms with E-state index in [1.165, 1.54) is 54.2 Å². The molecule has 160 valence electrons. The van der Waals surface area contributed by atoms with Crippen LogP contribution in [-0.2, 0) is 13.1 Å². The first kappa shape index (κ1) is 20.0. The second-order valence-electron chi connectivity index (χ2n) is 8.91. The molecule has 33 heavy (non-hydrogen) atoms. The molecule has 0 bridgehead atoms. The monoisotopic (exact) mass is 425 g/mol. The average Bonchev–Trinajstić information content (AvgIpc) is 2.88. The topological polar surface area (TPSA) is 3.24 Å². The lowest BCUT2D eigenvalue weighted by Crippen LogP contribution is -2.22. The third-order valence-corrected chi connectivity index (χ3v) is 6.94. The van der Waals surface area contributed by atoms with Crippen molar-refractivity contribution in [2.45, 2.75) is 20.0 Å². The molecular weight excluding hydrogens is 398 g/mol. The molecule has 6 rings (SSSR count). The van der Waals surface area contributed by atoms with Crippen LogP contribution >= 0.6 is 0 Å². The maximum absolute atomic E-state index is 2.56. The lowest BCUT2D eigenvalue weighted by Gasteiger charge is -2.23. The molecule has 0 N–H and O–H groups in total. The molecule has 0 unspecified atom stereocenters. The Bertz CT molecular complexity index is 1490. The normalized spacial score (nSPS) is 11.8. The molecule has 0 aromatic heterocycles. The summed E-state index contributed by atoms with van der Waals surface area (Å²) in [5.74, 6) is 0. The Labute approximate surface area is 194 Å². The third-order valence-electron chi connectivity index (χ3n) is 6.94. The zero-order chi connectivity index (χ0) is 22.2. The van der Waals surface area contributed by atoms with Gasteiger partial charge in [0.2, 0.25) is 0 Å². The fourth-order valence-electron chi connectivity index (χ4n) is 5.29. The Hall–Kier alpha value is -3.68. The molecule has 6 aromatic carbocycles. The van der Waals surface area contributed by atoms with Crippen molar-refractivity contribution >= 4 is 43.1 Å². The number of nitrogens with zero attached hydrogens (tertiary/aromatic N) is 1. The van der Waals surface area contributed by atoms with Crippen molar-refractivity contribution in [2.75, 3.05) is 6.54 Å². The number of rotatable bonds is 5. The summed E-state index contributed by atoms with van der Waals surface area (Å²) in [5.41, 5.74) is 2.80. The van der Waals surface area contributed by atoms with Crippen LogP contribution in [0.25, 0.3) is 43.1 Å². The SMILES string of the molecule is CCN(Cc1cc2ccccc2c2ccccc12)Cc1cc2ccccc2c2ccccc12. The van der Waals surface area contributed by atoms with Gasteiger partial charge >= 0.3 is 0 Å². The highest BCUT2D eigenvalue weighted by Crippen LogP contribution is 2.32. The number of hydrogen-bond donors (Lipinski definition) is 0. The van der Waals surface area contributed by atoms with Gasteiger partial charge in [0.05, 0.1) is 0 Å². The standard InChI is InChI=1S/C32H27N/c1-2-33(21-25-19-23-11-3-5-13-27(23)31-17-9-7-15-29(25)31)22-26-20-24-12-4-6-14-28(24)32-18-10-8-16-30(26)32/h3-20H,2,21-22H2,1H3. The Balaban J connectivity index is 1.43. The van der Waals surface area contributed by atoms with Crippen LogP contribution in [0.3, 0.4) is 0 Å². The molecule has 0 heterocycles. The van der Waals surface area contributed by atoms with Gasteiger partial charge in [-0.25, -0.2) is 0 Å². The van der Waals surface area contributed by atoms with Crippen LogP contribution < -0.4 is 0 Å². The Morgan fingerprint density at radius 1 is 0.455 bits per heavy atom. The van der Waals surface area contributed by atoms with Crippen molar-refractivity contribution < 1.29 is 0 Å². The molecule has 0 radical (unpaired) electrons. The maximum atomic E-state index is 2.56. The van der Waals surface area contributed by atoms with Crippen molar-refractivity contribution in [1.82, 2.24) is 4.90 Å². The zero-order valence-corrected chi connectivity index (χ0v) is 19.0. The van der Waals surface area contributed by atoms with E-state index in [0.29, 0.717) is 0 Å². The van der Waals surface area contributed by atoms with Gasteiger partial charge in [-0.05, 0) is 72.9 Å². The summed E-state index contributed by atoms with van der Waals surface area (Å²) >= 11 is 0. The summed E-state index contributed by atoms with van der Waals surface area (Å²) in [4.78, 5) is 2.56. The van der Waals surface area contributed by atoms with Gasteiger partial charge in [0.1, 0.15) is 0 Å². The number of fused-ring (bicyclic) bond motifs is 6. The highest BCUT2D eigenvalue weighted by atomic mass is 15.1. The minimum absolute atomic E-state index is 0.934. The molecule has 0 saturated carbocycles. The van der Waals surface area contributed by atoms with E-state index in [1.807, 2.05) is 0 Å². The van der Waals surface area contributed by atoms with Crippen molar-refractivity contribution in [3.05, 3.63) is 120 Å². The van der Waals surface area contributed by atoms with Gasteiger partial charge in [-0.15, -0.1) is 0 Å². The first-order valence-electron chi connectivity index (χ1n) is 11.8. The van der Waals surface area contributed by atoms with Gasteiger partial charge in [-0.2, -0.15) is 0 Å². The maximum Gasteiger partial charge on any atom is 0.0243 e. The molecule has 0 aliphatic rings. The van der Waals surface area contributed by atoms with Gasteiger partial charge < -0.3 is 0 Å². The van der Waals surface area contributed by atoms with Crippen LogP contribution in [0.5, 0.6) is 0 Å². The molecule has 0 spiro atoms. The van der Waals surface area contributed by atoms with Gasteiger partial charge in [0.15, 0.2) is 0 Å². The van der Waals surface area contributed by atoms with Crippen LogP contribution in [-0.4, -0.2) is 11.4 Å². The number of benzene rings is 6. The van der Waals surface area contributed by atoms with Crippen molar-refractivity contribution in [3.8, 4) is 0 Å². The van der Waals surface area contributed by atoms with E-state index < -0.39 is 0 Å². The highest BCUT2D eigenvalue weighted by molar-refractivity contribution is 6.09. The van der Waals surface area contributed by atoms with Crippen LogP contribution in [0, 0.1) is 0 Å². The first-order chi connectivity index (χ1) is 16.3. The van der Waals surface area contributed by atoms with Gasteiger partial charge in [0, 0.05) is 13.1 Å². The van der Waals surface area contributed by atoms with E-state index in [9.17, 15) is 0 Å². The quantitative estimate of drug-likeness (QED) is 0.251. The number of hydrogen-bond acceptors (Lipinski definition) is 1. The van der Waals surface area contributed by atoms with Crippen molar-refractivity contribution in [2.24, 2.45) is 0 Å². The van der Waals surface area contributed by atoms with Crippen LogP contribution in [0.2, 0.25) is 0 Å². The van der Waals surface area contributed by atoms with Crippen molar-refractivity contribution in [3.63, 3.8) is 0 Å². The van der Waals surface area contributed by atoms with Crippen LogP contribution in [0.1, 0.15) is 18.1 Å². The summed E-state index contributed by atoms with van der Waals surface area (Å²) in [7, 11) is 0. The Morgan fingerprint density at radius 3 is 1.24 bits per heavy atom. The van der Waals surface area contributed by atoms with E-state index >= 15 is 0 Å². The van der Waals surface area contributed by atoms with Gasteiger partial charge in [0.25, 0.3) is 0 Å². The average molecular weight is 426 g/mol. The predicted molar refractivity (Wildman–Crippen MR) is 143 cm³/mol. The zero-order valence-electron chi connectivity index (χ0n) is 19.0. The summed E-state index contributed by atoms with van der Waals surface area (Å²) in [6.07, 6.45) is 0. The molecule has 0 aliphatic heterocycles. The van der Waals surface area contributed by atoms with Gasteiger partial charge in [-0.3, -0.25) is 4.90 Å². The third kappa shape index (κ3) is 3.55. The van der Waals surface area contributed by atoms with E-state index in [1.54, 1.807) is 0 Å². The fourth-order valence-corrected chi connectivity index (χ4v) is 5.29. The van der Waals surface area contributed by atoms with Crippen LogP contribution in [0.15, 0.2) is 109 Å². The lowest BCUT2D eigenvalue weighted by molar-refractivity contribution is 0.273. The van der Waals surface area contributed by atoms with E-state index in [0.717, 1.165) is 19.6 Å². The second-order valence-corrected chi connectivity index (χ2v) is 8.91. The first-order valence-corrected chi connectivity index (χ1v) is 11.8. The minimum Gasteiger partial charge on any atom is -0.295 e. The molecule has 0 amide bonds. The molecule has 1 nitrogen and oxygen atoms in total. The molecule has 0 atom stereocenters. The molecule has 6 aromatic rings. The van der Waals surface area contributed by atoms with Crippen molar-refractivity contribution in [1.29, 1.82) is 0 Å². The highest BCUT2D eigenvalue weighted by Gasteiger charge is 2.13. The lowest BCUT2D eigenvalue weighted by atomic mass is 9.95. The largest absolute Gasteiger partial charge is 0.295 e. The van der Waals surface area contributed by atoms with E-state index in [4.69, 9.17) is 0 Å². The summed E-state index contributed by atoms with van der Waals surface area (Å²) < 4.78 is 0. The molecule has 0 saturated heterocycles. The van der Waals surface area contributed by atoms with Gasteiger partial charge in [-0.1, -0.05) is 104 Å². The van der Waals surface area contributed by atoms with E-state index in [2.05, 4.69) is 121 Å². The molecule has 0 fully saturated rings. The Morgan fingerprint density at radius 2 is 0.818 bits per heavy atom. The predicted octanol–water partition coefficient (Wildman–Crippen LogP) is 8.32. The molecular formula is C32H27N. The summed E-state index contributed by atoms with van der Waals surface area (Å²) in [6.45, 7) is 5.14. The Kier molecular flexibility index (Phi) is 5.05. The van der Waals surface area contributed by atoms with E-state index in [-0.39, 0.29) is 0 Å². The fraction of sp³-hybridized carbons (Fsp3) is 0.125. The van der Waals surface area contributed by atoms with Crippen LogP contribution in [0.4, 0.5) is 0 Å². The molecule has 0 aliphatic carbocycles. The summed E-state index contributed by atoms with van der Waals surface area (Å²) in [5, 5.41) is 10.7. The molecule has 1 heteroatoms.